The normalized spacial score (nSPS) is 18.8. The van der Waals surface area contributed by atoms with Gasteiger partial charge in [-0.05, 0) is 116 Å². The van der Waals surface area contributed by atoms with Crippen LogP contribution >= 0.6 is 0 Å². The molecule has 0 spiro atoms. The second-order valence-electron chi connectivity index (χ2n) is 24.9. The van der Waals surface area contributed by atoms with Gasteiger partial charge in [0.1, 0.15) is 24.4 Å². The molecular weight excluding hydrogens is 1120 g/mol. The van der Waals surface area contributed by atoms with Gasteiger partial charge in [-0.3, -0.25) is 9.59 Å². The number of hydrogen-bond donors (Lipinski definition) is 6. The zero-order valence-electron chi connectivity index (χ0n) is 57.5. The number of ether oxygens (including phenoxy) is 3. The van der Waals surface area contributed by atoms with Crippen molar-refractivity contribution in [2.45, 2.75) is 352 Å². The number of unbranched alkanes of at least 4 members (excludes halogenated alkanes) is 30. The SMILES string of the molecule is CC/C=C\C/C=C\C/C=C\C/C=C\C/C=C\C/C=C\CCCCCCCC(O)C(=O)NC(COC1OC(CO)C(O)C(O)C1OC(=O)CCCCCCCCCCCCCC/C=C\C/C=C\C/C=C\CCCCC)C(O)/C=C/CCCCCCCCCCCC. The number of aliphatic hydroxyl groups is 5. The van der Waals surface area contributed by atoms with Gasteiger partial charge in [0.25, 0.3) is 0 Å². The van der Waals surface area contributed by atoms with Gasteiger partial charge in [0.2, 0.25) is 5.91 Å². The first-order valence-electron chi connectivity index (χ1n) is 36.8. The molecule has 0 aromatic heterocycles. The number of amides is 1. The highest BCUT2D eigenvalue weighted by Crippen LogP contribution is 2.26. The third kappa shape index (κ3) is 51.6. The van der Waals surface area contributed by atoms with Gasteiger partial charge >= 0.3 is 5.97 Å². The molecule has 1 saturated heterocycles. The van der Waals surface area contributed by atoms with Crippen LogP contribution in [0.25, 0.3) is 0 Å². The summed E-state index contributed by atoms with van der Waals surface area (Å²) in [6.45, 7) is 5.66. The standard InChI is InChI=1S/C79H135NO10/c1-4-7-10-13-16-19-22-25-27-29-31-33-35-37-39-41-43-45-47-49-52-55-58-61-64-67-74(84)90-77-76(86)75(85)73(68-81)89-79(77)88-69-70(71(82)65-62-59-56-53-50-24-21-18-15-12-9-6-3)80-78(87)72(83)66-63-60-57-54-51-48-46-44-42-40-38-36-34-32-30-28-26-23-20-17-14-11-8-5-2/h8,11,16-17,19-20,25-28,31-34,38,40,44,46,62,65,70-73,75-77,79,81-83,85-86H,4-7,9-10,12-15,18,21-24,29-30,35-37,39,41-43,45,47-61,63-64,66-69H2,1-3H3,(H,80,87)/b11-8-,19-16-,20-17-,27-25-,28-26-,33-31-,34-32-,40-38-,46-44-,65-62+. The van der Waals surface area contributed by atoms with Gasteiger partial charge in [0.15, 0.2) is 12.4 Å². The van der Waals surface area contributed by atoms with Gasteiger partial charge in [-0.1, -0.05) is 303 Å². The molecule has 8 unspecified atom stereocenters. The van der Waals surface area contributed by atoms with Crippen molar-refractivity contribution in [3.8, 4) is 0 Å². The van der Waals surface area contributed by atoms with Crippen LogP contribution in [-0.4, -0.2) is 99.6 Å². The van der Waals surface area contributed by atoms with E-state index in [1.165, 1.54) is 122 Å². The van der Waals surface area contributed by atoms with E-state index in [1.807, 2.05) is 6.08 Å². The number of rotatable bonds is 62. The molecule has 0 radical (unpaired) electrons. The summed E-state index contributed by atoms with van der Waals surface area (Å²) < 4.78 is 17.7. The monoisotopic (exact) mass is 1260 g/mol. The Kier molecular flexibility index (Phi) is 60.8. The Morgan fingerprint density at radius 2 is 0.800 bits per heavy atom. The summed E-state index contributed by atoms with van der Waals surface area (Å²) in [7, 11) is 0. The van der Waals surface area contributed by atoms with E-state index >= 15 is 0 Å². The Balaban J connectivity index is 2.58. The maximum absolute atomic E-state index is 13.5. The number of nitrogens with one attached hydrogen (secondary N) is 1. The number of esters is 1. The number of aliphatic hydroxyl groups excluding tert-OH is 5. The van der Waals surface area contributed by atoms with Crippen molar-refractivity contribution in [2.24, 2.45) is 0 Å². The Morgan fingerprint density at radius 1 is 0.444 bits per heavy atom. The average Bonchev–Trinajstić information content (AvgIpc) is 2.18. The van der Waals surface area contributed by atoms with Gasteiger partial charge in [-0.25, -0.2) is 0 Å². The summed E-state index contributed by atoms with van der Waals surface area (Å²) in [5.41, 5.74) is 0. The Bertz CT molecular complexity index is 1930. The average molecular weight is 1260 g/mol. The smallest absolute Gasteiger partial charge is 0.306 e. The highest BCUT2D eigenvalue weighted by Gasteiger charge is 2.47. The molecule has 516 valence electrons. The highest BCUT2D eigenvalue weighted by molar-refractivity contribution is 5.80. The van der Waals surface area contributed by atoms with E-state index in [-0.39, 0.29) is 19.4 Å². The lowest BCUT2D eigenvalue weighted by molar-refractivity contribution is -0.305. The van der Waals surface area contributed by atoms with E-state index in [0.29, 0.717) is 12.8 Å². The first-order valence-corrected chi connectivity index (χ1v) is 36.8. The van der Waals surface area contributed by atoms with Crippen LogP contribution in [0.1, 0.15) is 303 Å². The van der Waals surface area contributed by atoms with E-state index in [9.17, 15) is 35.1 Å². The fraction of sp³-hybridized carbons (Fsp3) is 0.722. The molecule has 1 heterocycles. The first kappa shape index (κ1) is 84.1. The molecule has 11 nitrogen and oxygen atoms in total. The number of carbonyl (C=O) groups excluding carboxylic acids is 2. The van der Waals surface area contributed by atoms with Crippen LogP contribution in [0.2, 0.25) is 0 Å². The summed E-state index contributed by atoms with van der Waals surface area (Å²) in [6, 6.07) is -1.04. The summed E-state index contributed by atoms with van der Waals surface area (Å²) in [6.07, 6.45) is 80.9. The van der Waals surface area contributed by atoms with Crippen LogP contribution in [0.3, 0.4) is 0 Å². The quantitative estimate of drug-likeness (QED) is 0.0195. The van der Waals surface area contributed by atoms with Crippen LogP contribution in [-0.2, 0) is 23.8 Å². The van der Waals surface area contributed by atoms with Gasteiger partial charge < -0.3 is 45.1 Å². The van der Waals surface area contributed by atoms with Crippen molar-refractivity contribution in [2.75, 3.05) is 13.2 Å². The minimum Gasteiger partial charge on any atom is -0.454 e. The molecule has 1 amide bonds. The second kappa shape index (κ2) is 65.1. The molecule has 0 bridgehead atoms. The van der Waals surface area contributed by atoms with Crippen molar-refractivity contribution < 1.29 is 49.3 Å². The molecule has 1 aliphatic rings. The lowest BCUT2D eigenvalue weighted by Gasteiger charge is -2.41. The van der Waals surface area contributed by atoms with Gasteiger partial charge in [0.05, 0.1) is 25.4 Å². The Labute approximate surface area is 550 Å². The molecule has 1 fully saturated rings. The molecular formula is C79H135NO10. The van der Waals surface area contributed by atoms with Crippen LogP contribution in [0.5, 0.6) is 0 Å². The maximum Gasteiger partial charge on any atom is 0.306 e. The molecule has 1 aliphatic heterocycles. The van der Waals surface area contributed by atoms with E-state index in [0.717, 1.165) is 135 Å². The lowest BCUT2D eigenvalue weighted by Crippen LogP contribution is -2.61. The molecule has 11 heteroatoms. The predicted octanol–water partition coefficient (Wildman–Crippen LogP) is 19.3. The van der Waals surface area contributed by atoms with E-state index in [4.69, 9.17) is 14.2 Å². The Hall–Kier alpha value is -3.94. The van der Waals surface area contributed by atoms with E-state index in [1.54, 1.807) is 6.08 Å². The van der Waals surface area contributed by atoms with Crippen molar-refractivity contribution in [1.29, 1.82) is 0 Å². The molecule has 6 N–H and O–H groups in total. The molecule has 0 aromatic rings. The third-order valence-corrected chi connectivity index (χ3v) is 16.6. The molecule has 90 heavy (non-hydrogen) atoms. The molecule has 0 aliphatic carbocycles. The first-order chi connectivity index (χ1) is 44.2. The largest absolute Gasteiger partial charge is 0.454 e. The summed E-state index contributed by atoms with van der Waals surface area (Å²) in [5.74, 6) is -1.21. The summed E-state index contributed by atoms with van der Waals surface area (Å²) in [5, 5.41) is 57.3. The Morgan fingerprint density at radius 3 is 1.22 bits per heavy atom. The fourth-order valence-corrected chi connectivity index (χ4v) is 10.8. The third-order valence-electron chi connectivity index (χ3n) is 16.6. The fourth-order valence-electron chi connectivity index (χ4n) is 10.8. The van der Waals surface area contributed by atoms with Crippen LogP contribution in [0.15, 0.2) is 122 Å². The number of hydrogen-bond acceptors (Lipinski definition) is 10. The van der Waals surface area contributed by atoms with Crippen molar-refractivity contribution in [1.82, 2.24) is 5.32 Å². The summed E-state index contributed by atoms with van der Waals surface area (Å²) >= 11 is 0. The molecule has 0 aromatic carbocycles. The van der Waals surface area contributed by atoms with E-state index in [2.05, 4.69) is 135 Å². The lowest BCUT2D eigenvalue weighted by atomic mass is 9.99. The molecule has 1 rings (SSSR count). The van der Waals surface area contributed by atoms with Crippen molar-refractivity contribution >= 4 is 11.9 Å². The van der Waals surface area contributed by atoms with Crippen LogP contribution < -0.4 is 5.32 Å². The number of allylic oxidation sites excluding steroid dienone is 19. The van der Waals surface area contributed by atoms with Gasteiger partial charge in [0, 0.05) is 6.42 Å². The zero-order chi connectivity index (χ0) is 65.3. The van der Waals surface area contributed by atoms with Crippen LogP contribution in [0, 0.1) is 0 Å². The van der Waals surface area contributed by atoms with Gasteiger partial charge in [-0.15, -0.1) is 0 Å². The molecule has 0 saturated carbocycles. The van der Waals surface area contributed by atoms with E-state index < -0.39 is 67.4 Å². The minimum absolute atomic E-state index is 0.114. The zero-order valence-corrected chi connectivity index (χ0v) is 57.5. The topological polar surface area (TPSA) is 175 Å². The molecule has 8 atom stereocenters. The summed E-state index contributed by atoms with van der Waals surface area (Å²) in [4.78, 5) is 26.7. The minimum atomic E-state index is -1.63. The number of carbonyl (C=O) groups is 2. The maximum atomic E-state index is 13.5. The van der Waals surface area contributed by atoms with Crippen molar-refractivity contribution in [3.63, 3.8) is 0 Å². The second-order valence-corrected chi connectivity index (χ2v) is 24.9. The highest BCUT2D eigenvalue weighted by atomic mass is 16.7. The predicted molar refractivity (Wildman–Crippen MR) is 379 cm³/mol. The van der Waals surface area contributed by atoms with Crippen molar-refractivity contribution in [3.05, 3.63) is 122 Å². The van der Waals surface area contributed by atoms with Crippen LogP contribution in [0.4, 0.5) is 0 Å². The van der Waals surface area contributed by atoms with Gasteiger partial charge in [-0.2, -0.15) is 0 Å².